The van der Waals surface area contributed by atoms with E-state index in [1.165, 1.54) is 12.1 Å². The molecule has 0 radical (unpaired) electrons. The van der Waals surface area contributed by atoms with E-state index in [0.29, 0.717) is 5.69 Å². The number of hydrogen-bond donors (Lipinski definition) is 4. The monoisotopic (exact) mass is 299 g/mol. The number of H-pyrrole nitrogens is 1. The summed E-state index contributed by atoms with van der Waals surface area (Å²) in [4.78, 5) is 11.7. The average Bonchev–Trinajstić information content (AvgIpc) is 2.70. The Morgan fingerprint density at radius 1 is 1.29 bits per heavy atom. The molecule has 0 saturated carbocycles. The van der Waals surface area contributed by atoms with E-state index in [-0.39, 0.29) is 17.2 Å². The van der Waals surface area contributed by atoms with E-state index in [0.717, 1.165) is 12.1 Å². The van der Waals surface area contributed by atoms with Gasteiger partial charge in [0.25, 0.3) is 0 Å². The van der Waals surface area contributed by atoms with Crippen LogP contribution in [0.4, 0.5) is 35.2 Å². The lowest BCUT2D eigenvalue weighted by Gasteiger charge is -2.13. The number of carbonyl (C=O) groups is 1. The number of urea groups is 1. The van der Waals surface area contributed by atoms with Gasteiger partial charge in [-0.3, -0.25) is 10.4 Å². The highest BCUT2D eigenvalue weighted by atomic mass is 19.4. The molecule has 1 heterocycles. The third kappa shape index (κ3) is 3.25. The molecule has 2 amide bonds. The molecule has 0 aliphatic carbocycles. The van der Waals surface area contributed by atoms with Gasteiger partial charge in [0, 0.05) is 0 Å². The molecule has 2 rings (SSSR count). The van der Waals surface area contributed by atoms with Gasteiger partial charge in [-0.05, 0) is 19.1 Å². The van der Waals surface area contributed by atoms with Crippen LogP contribution in [0.3, 0.4) is 0 Å². The van der Waals surface area contributed by atoms with E-state index in [4.69, 9.17) is 5.73 Å². The largest absolute Gasteiger partial charge is 0.418 e. The Hall–Kier alpha value is -2.71. The summed E-state index contributed by atoms with van der Waals surface area (Å²) >= 11 is 0. The summed E-state index contributed by atoms with van der Waals surface area (Å²) in [7, 11) is 0. The van der Waals surface area contributed by atoms with Crippen LogP contribution in [0.25, 0.3) is 0 Å². The number of nitrogens with zero attached hydrogens (tertiary/aromatic N) is 1. The molecule has 0 bridgehead atoms. The summed E-state index contributed by atoms with van der Waals surface area (Å²) in [6, 6.07) is 3.79. The molecule has 21 heavy (non-hydrogen) atoms. The van der Waals surface area contributed by atoms with Crippen LogP contribution in [-0.2, 0) is 6.18 Å². The van der Waals surface area contributed by atoms with Gasteiger partial charge in [-0.25, -0.2) is 4.79 Å². The molecule has 2 aromatic rings. The van der Waals surface area contributed by atoms with Gasteiger partial charge in [-0.1, -0.05) is 12.1 Å². The molecule has 112 valence electrons. The van der Waals surface area contributed by atoms with Gasteiger partial charge < -0.3 is 11.1 Å². The molecule has 0 spiro atoms. The van der Waals surface area contributed by atoms with Crippen molar-refractivity contribution in [3.63, 3.8) is 0 Å². The maximum Gasteiger partial charge on any atom is 0.418 e. The zero-order valence-corrected chi connectivity index (χ0v) is 10.9. The number of aromatic amines is 1. The zero-order valence-electron chi connectivity index (χ0n) is 10.9. The SMILES string of the molecule is Cc1[nH]nc(NC(=O)Nc2ccccc2C(F)(F)F)c1N. The Kier molecular flexibility index (Phi) is 3.74. The summed E-state index contributed by atoms with van der Waals surface area (Å²) < 4.78 is 38.4. The number of nitrogens with one attached hydrogen (secondary N) is 3. The first-order valence-corrected chi connectivity index (χ1v) is 5.83. The predicted octanol–water partition coefficient (Wildman–Crippen LogP) is 2.96. The van der Waals surface area contributed by atoms with Gasteiger partial charge in [0.15, 0.2) is 5.82 Å². The third-order valence-corrected chi connectivity index (χ3v) is 2.71. The number of alkyl halides is 3. The number of benzene rings is 1. The Morgan fingerprint density at radius 2 is 1.95 bits per heavy atom. The number of anilines is 3. The standard InChI is InChI=1S/C12H12F3N5O/c1-6-9(16)10(20-19-6)18-11(21)17-8-5-3-2-4-7(8)12(13,14)15/h2-5H,16H2,1H3,(H3,17,18,19,20,21). The first-order valence-electron chi connectivity index (χ1n) is 5.83. The van der Waals surface area contributed by atoms with Crippen LogP contribution in [0.15, 0.2) is 24.3 Å². The minimum atomic E-state index is -4.56. The minimum absolute atomic E-state index is 0.0505. The van der Waals surface area contributed by atoms with Crippen molar-refractivity contribution in [3.05, 3.63) is 35.5 Å². The molecule has 0 saturated heterocycles. The van der Waals surface area contributed by atoms with Crippen molar-refractivity contribution in [2.45, 2.75) is 13.1 Å². The number of aromatic nitrogens is 2. The number of nitrogen functional groups attached to an aromatic ring is 1. The first kappa shape index (κ1) is 14.7. The van der Waals surface area contributed by atoms with E-state index in [2.05, 4.69) is 20.8 Å². The average molecular weight is 299 g/mol. The summed E-state index contributed by atoms with van der Waals surface area (Å²) in [5.41, 5.74) is 5.09. The fourth-order valence-corrected chi connectivity index (χ4v) is 1.63. The van der Waals surface area contributed by atoms with Crippen molar-refractivity contribution in [2.75, 3.05) is 16.4 Å². The summed E-state index contributed by atoms with van der Waals surface area (Å²) in [5.74, 6) is 0.0505. The van der Waals surface area contributed by atoms with E-state index < -0.39 is 17.8 Å². The van der Waals surface area contributed by atoms with Crippen molar-refractivity contribution in [1.82, 2.24) is 10.2 Å². The molecule has 5 N–H and O–H groups in total. The van der Waals surface area contributed by atoms with Gasteiger partial charge in [-0.15, -0.1) is 0 Å². The van der Waals surface area contributed by atoms with Crippen LogP contribution in [0.2, 0.25) is 0 Å². The van der Waals surface area contributed by atoms with Crippen LogP contribution in [-0.4, -0.2) is 16.2 Å². The zero-order chi connectivity index (χ0) is 15.6. The Bertz CT molecular complexity index is 665. The topological polar surface area (TPSA) is 95.8 Å². The molecular formula is C12H12F3N5O. The van der Waals surface area contributed by atoms with Crippen molar-refractivity contribution in [1.29, 1.82) is 0 Å². The molecule has 9 heteroatoms. The van der Waals surface area contributed by atoms with Crippen molar-refractivity contribution in [3.8, 4) is 0 Å². The normalized spacial score (nSPS) is 11.2. The number of rotatable bonds is 2. The smallest absolute Gasteiger partial charge is 0.394 e. The Morgan fingerprint density at radius 3 is 2.52 bits per heavy atom. The van der Waals surface area contributed by atoms with Gasteiger partial charge in [0.1, 0.15) is 0 Å². The van der Waals surface area contributed by atoms with Gasteiger partial charge in [0.05, 0.1) is 22.6 Å². The number of aryl methyl sites for hydroxylation is 1. The van der Waals surface area contributed by atoms with Crippen molar-refractivity contribution < 1.29 is 18.0 Å². The van der Waals surface area contributed by atoms with E-state index in [1.54, 1.807) is 6.92 Å². The minimum Gasteiger partial charge on any atom is -0.394 e. The maximum absolute atomic E-state index is 12.8. The quantitative estimate of drug-likeness (QED) is 0.686. The number of para-hydroxylation sites is 1. The molecule has 0 aliphatic heterocycles. The van der Waals surface area contributed by atoms with E-state index in [1.807, 2.05) is 0 Å². The predicted molar refractivity (Wildman–Crippen MR) is 71.8 cm³/mol. The van der Waals surface area contributed by atoms with Gasteiger partial charge >= 0.3 is 12.2 Å². The highest BCUT2D eigenvalue weighted by Gasteiger charge is 2.33. The number of amides is 2. The Labute approximate surface area is 117 Å². The molecular weight excluding hydrogens is 287 g/mol. The van der Waals surface area contributed by atoms with Crippen molar-refractivity contribution >= 4 is 23.2 Å². The van der Waals surface area contributed by atoms with E-state index >= 15 is 0 Å². The summed E-state index contributed by atoms with van der Waals surface area (Å²) in [5, 5.41) is 10.7. The van der Waals surface area contributed by atoms with Gasteiger partial charge in [-0.2, -0.15) is 18.3 Å². The molecule has 0 fully saturated rings. The van der Waals surface area contributed by atoms with Crippen LogP contribution in [0.5, 0.6) is 0 Å². The Balaban J connectivity index is 2.16. The molecule has 6 nitrogen and oxygen atoms in total. The molecule has 1 aromatic heterocycles. The second-order valence-electron chi connectivity index (χ2n) is 4.23. The number of hydrogen-bond acceptors (Lipinski definition) is 3. The lowest BCUT2D eigenvalue weighted by molar-refractivity contribution is -0.136. The van der Waals surface area contributed by atoms with Crippen LogP contribution >= 0.6 is 0 Å². The second-order valence-corrected chi connectivity index (χ2v) is 4.23. The first-order chi connectivity index (χ1) is 9.79. The van der Waals surface area contributed by atoms with Crippen molar-refractivity contribution in [2.24, 2.45) is 0 Å². The van der Waals surface area contributed by atoms with Crippen LogP contribution < -0.4 is 16.4 Å². The maximum atomic E-state index is 12.8. The second kappa shape index (κ2) is 5.35. The fraction of sp³-hybridized carbons (Fsp3) is 0.167. The molecule has 0 atom stereocenters. The van der Waals surface area contributed by atoms with Gasteiger partial charge in [0.2, 0.25) is 0 Å². The summed E-state index contributed by atoms with van der Waals surface area (Å²) in [6.07, 6.45) is -4.56. The summed E-state index contributed by atoms with van der Waals surface area (Å²) in [6.45, 7) is 1.64. The fourth-order valence-electron chi connectivity index (χ4n) is 1.63. The van der Waals surface area contributed by atoms with Crippen LogP contribution in [0, 0.1) is 6.92 Å². The lowest BCUT2D eigenvalue weighted by Crippen LogP contribution is -2.22. The number of nitrogens with two attached hydrogens (primary N) is 1. The number of halogens is 3. The lowest BCUT2D eigenvalue weighted by atomic mass is 10.1. The highest BCUT2D eigenvalue weighted by Crippen LogP contribution is 2.34. The molecule has 0 unspecified atom stereocenters. The third-order valence-electron chi connectivity index (χ3n) is 2.71. The highest BCUT2D eigenvalue weighted by molar-refractivity contribution is 6.01. The van der Waals surface area contributed by atoms with E-state index in [9.17, 15) is 18.0 Å². The molecule has 0 aliphatic rings. The molecule has 1 aromatic carbocycles. The number of carbonyl (C=O) groups excluding carboxylic acids is 1. The van der Waals surface area contributed by atoms with Crippen LogP contribution in [0.1, 0.15) is 11.3 Å².